The highest BCUT2D eigenvalue weighted by Gasteiger charge is 2.12. The number of aromatic amines is 1. The fourth-order valence-corrected chi connectivity index (χ4v) is 0.663. The van der Waals surface area contributed by atoms with Gasteiger partial charge < -0.3 is 9.82 Å². The molecule has 0 fully saturated rings. The molecule has 7 heteroatoms. The number of hydrogen-bond acceptors (Lipinski definition) is 5. The summed E-state index contributed by atoms with van der Waals surface area (Å²) >= 11 is 0. The van der Waals surface area contributed by atoms with Crippen LogP contribution < -0.4 is 11.0 Å². The van der Waals surface area contributed by atoms with Gasteiger partial charge in [0.25, 0.3) is 5.56 Å². The van der Waals surface area contributed by atoms with Gasteiger partial charge >= 0.3 is 5.97 Å². The lowest BCUT2D eigenvalue weighted by Crippen LogP contribution is -2.28. The van der Waals surface area contributed by atoms with Crippen molar-refractivity contribution >= 4 is 11.9 Å². The van der Waals surface area contributed by atoms with E-state index in [1.807, 2.05) is 0 Å². The van der Waals surface area contributed by atoms with Crippen molar-refractivity contribution in [3.05, 3.63) is 28.4 Å². The number of rotatable bonds is 1. The average Bonchev–Trinajstić information content (AvgIpc) is 2.15. The molecular formula is C7H7N3O4. The molecule has 1 amide bonds. The van der Waals surface area contributed by atoms with Crippen LogP contribution in [0.1, 0.15) is 17.3 Å². The first-order valence-corrected chi connectivity index (χ1v) is 3.61. The standard InChI is InChI=1S/C7H7N3O4/c1-4(11)10-14-7(13)5-2-8-3-9-6(5)12/h2-3H,1H3,(H,10,11)(H,8,9,12). The molecule has 0 saturated heterocycles. The molecule has 0 aliphatic heterocycles. The Morgan fingerprint density at radius 2 is 2.29 bits per heavy atom. The smallest absolute Gasteiger partial charge is 0.335 e. The highest BCUT2D eigenvalue weighted by Crippen LogP contribution is 1.88. The van der Waals surface area contributed by atoms with Crippen LogP contribution in [0.25, 0.3) is 0 Å². The summed E-state index contributed by atoms with van der Waals surface area (Å²) in [6, 6.07) is 0. The van der Waals surface area contributed by atoms with Gasteiger partial charge in [-0.15, -0.1) is 0 Å². The zero-order valence-electron chi connectivity index (χ0n) is 7.23. The summed E-state index contributed by atoms with van der Waals surface area (Å²) in [5, 5.41) is 0. The number of hydroxylamine groups is 1. The Bertz CT molecular complexity index is 411. The normalized spacial score (nSPS) is 9.21. The van der Waals surface area contributed by atoms with E-state index in [0.717, 1.165) is 12.5 Å². The summed E-state index contributed by atoms with van der Waals surface area (Å²) in [6.45, 7) is 1.17. The molecule has 1 rings (SSSR count). The van der Waals surface area contributed by atoms with E-state index in [1.165, 1.54) is 6.92 Å². The molecular weight excluding hydrogens is 190 g/mol. The van der Waals surface area contributed by atoms with Gasteiger partial charge in [0.1, 0.15) is 5.56 Å². The molecule has 0 atom stereocenters. The van der Waals surface area contributed by atoms with E-state index < -0.39 is 17.4 Å². The third-order valence-corrected chi connectivity index (χ3v) is 1.23. The van der Waals surface area contributed by atoms with Gasteiger partial charge in [-0.1, -0.05) is 0 Å². The number of aromatic nitrogens is 2. The van der Waals surface area contributed by atoms with Gasteiger partial charge in [-0.25, -0.2) is 9.78 Å². The molecule has 2 N–H and O–H groups in total. The second kappa shape index (κ2) is 4.17. The maximum absolute atomic E-state index is 11.1. The molecule has 1 heterocycles. The highest BCUT2D eigenvalue weighted by molar-refractivity contribution is 5.89. The van der Waals surface area contributed by atoms with E-state index in [-0.39, 0.29) is 5.56 Å². The predicted octanol–water partition coefficient (Wildman–Crippen LogP) is -1.02. The van der Waals surface area contributed by atoms with Crippen LogP contribution in [0.2, 0.25) is 0 Å². The number of hydrogen-bond donors (Lipinski definition) is 2. The van der Waals surface area contributed by atoms with Crippen molar-refractivity contribution in [3.8, 4) is 0 Å². The molecule has 0 unspecified atom stereocenters. The quantitative estimate of drug-likeness (QED) is 0.561. The minimum Gasteiger partial charge on any atom is -0.335 e. The van der Waals surface area contributed by atoms with Crippen molar-refractivity contribution in [2.24, 2.45) is 0 Å². The first-order chi connectivity index (χ1) is 6.61. The van der Waals surface area contributed by atoms with Crippen molar-refractivity contribution < 1.29 is 14.4 Å². The fourth-order valence-electron chi connectivity index (χ4n) is 0.663. The van der Waals surface area contributed by atoms with Crippen molar-refractivity contribution in [1.82, 2.24) is 15.4 Å². The Kier molecular flexibility index (Phi) is 2.95. The molecule has 0 saturated carbocycles. The van der Waals surface area contributed by atoms with Crippen molar-refractivity contribution in [2.75, 3.05) is 0 Å². The zero-order valence-corrected chi connectivity index (χ0v) is 7.23. The van der Waals surface area contributed by atoms with Crippen molar-refractivity contribution in [3.63, 3.8) is 0 Å². The summed E-state index contributed by atoms with van der Waals surface area (Å²) in [5.74, 6) is -1.51. The lowest BCUT2D eigenvalue weighted by atomic mass is 10.3. The number of nitrogens with zero attached hydrogens (tertiary/aromatic N) is 1. The van der Waals surface area contributed by atoms with Gasteiger partial charge in [0.2, 0.25) is 5.91 Å². The Hall–Kier alpha value is -2.18. The van der Waals surface area contributed by atoms with Crippen LogP contribution in [-0.4, -0.2) is 21.8 Å². The third-order valence-electron chi connectivity index (χ3n) is 1.23. The van der Waals surface area contributed by atoms with Gasteiger partial charge in [0.15, 0.2) is 0 Å². The van der Waals surface area contributed by atoms with Gasteiger partial charge in [-0.2, -0.15) is 5.48 Å². The molecule has 0 radical (unpaired) electrons. The van der Waals surface area contributed by atoms with Gasteiger partial charge in [0.05, 0.1) is 6.33 Å². The maximum atomic E-state index is 11.1. The Morgan fingerprint density at radius 3 is 2.86 bits per heavy atom. The summed E-state index contributed by atoms with van der Waals surface area (Å²) in [7, 11) is 0. The number of carbonyl (C=O) groups excluding carboxylic acids is 2. The minimum absolute atomic E-state index is 0.277. The van der Waals surface area contributed by atoms with Crippen molar-refractivity contribution in [2.45, 2.75) is 6.92 Å². The van der Waals surface area contributed by atoms with Crippen LogP contribution in [0.4, 0.5) is 0 Å². The maximum Gasteiger partial charge on any atom is 0.370 e. The summed E-state index contributed by atoms with van der Waals surface area (Å²) in [5.41, 5.74) is 0.896. The first-order valence-electron chi connectivity index (χ1n) is 3.61. The van der Waals surface area contributed by atoms with Crippen LogP contribution in [0, 0.1) is 0 Å². The van der Waals surface area contributed by atoms with E-state index in [2.05, 4.69) is 14.8 Å². The molecule has 74 valence electrons. The second-order valence-corrected chi connectivity index (χ2v) is 2.34. The zero-order chi connectivity index (χ0) is 10.6. The molecule has 1 aromatic heterocycles. The topological polar surface area (TPSA) is 101 Å². The number of nitrogens with one attached hydrogen (secondary N) is 2. The summed E-state index contributed by atoms with van der Waals surface area (Å²) in [6.07, 6.45) is 2.18. The predicted molar refractivity (Wildman–Crippen MR) is 44.1 cm³/mol. The number of amides is 1. The Morgan fingerprint density at radius 1 is 1.57 bits per heavy atom. The molecule has 0 aromatic carbocycles. The van der Waals surface area contributed by atoms with Crippen LogP contribution >= 0.6 is 0 Å². The van der Waals surface area contributed by atoms with E-state index in [1.54, 1.807) is 5.48 Å². The highest BCUT2D eigenvalue weighted by atomic mass is 16.7. The van der Waals surface area contributed by atoms with E-state index in [4.69, 9.17) is 0 Å². The lowest BCUT2D eigenvalue weighted by molar-refractivity contribution is -0.127. The van der Waals surface area contributed by atoms with Crippen molar-refractivity contribution in [1.29, 1.82) is 0 Å². The summed E-state index contributed by atoms with van der Waals surface area (Å²) < 4.78 is 0. The largest absolute Gasteiger partial charge is 0.370 e. The molecule has 0 aliphatic carbocycles. The van der Waals surface area contributed by atoms with Crippen LogP contribution in [0.15, 0.2) is 17.3 Å². The van der Waals surface area contributed by atoms with Gasteiger partial charge in [-0.3, -0.25) is 9.59 Å². The molecule has 0 bridgehead atoms. The van der Waals surface area contributed by atoms with E-state index >= 15 is 0 Å². The van der Waals surface area contributed by atoms with Crippen LogP contribution in [0.5, 0.6) is 0 Å². The number of H-pyrrole nitrogens is 1. The number of carbonyl (C=O) groups is 2. The third kappa shape index (κ3) is 2.41. The molecule has 7 nitrogen and oxygen atoms in total. The van der Waals surface area contributed by atoms with Crippen LogP contribution in [0.3, 0.4) is 0 Å². The summed E-state index contributed by atoms with van der Waals surface area (Å²) in [4.78, 5) is 42.4. The Labute approximate surface area is 78.1 Å². The molecule has 0 aliphatic rings. The fraction of sp³-hybridized carbons (Fsp3) is 0.143. The van der Waals surface area contributed by atoms with Crippen LogP contribution in [-0.2, 0) is 9.63 Å². The lowest BCUT2D eigenvalue weighted by Gasteiger charge is -2.00. The minimum atomic E-state index is -0.963. The average molecular weight is 197 g/mol. The Balaban J connectivity index is 2.75. The van der Waals surface area contributed by atoms with E-state index in [0.29, 0.717) is 0 Å². The van der Waals surface area contributed by atoms with Gasteiger partial charge in [0, 0.05) is 13.1 Å². The molecule has 0 spiro atoms. The first kappa shape index (κ1) is 9.90. The van der Waals surface area contributed by atoms with Gasteiger partial charge in [-0.05, 0) is 0 Å². The molecule has 1 aromatic rings. The molecule has 14 heavy (non-hydrogen) atoms. The monoisotopic (exact) mass is 197 g/mol. The second-order valence-electron chi connectivity index (χ2n) is 2.34. The SMILES string of the molecule is CC(=O)NOC(=O)c1cnc[nH]c1=O. The van der Waals surface area contributed by atoms with E-state index in [9.17, 15) is 14.4 Å².